The van der Waals surface area contributed by atoms with Crippen molar-refractivity contribution in [2.75, 3.05) is 5.32 Å². The van der Waals surface area contributed by atoms with E-state index in [9.17, 15) is 4.79 Å². The maximum atomic E-state index is 12.6. The number of carbonyl (C=O) groups excluding carboxylic acids is 1. The summed E-state index contributed by atoms with van der Waals surface area (Å²) in [5.74, 6) is -0.185. The first kappa shape index (κ1) is 16.5. The molecule has 1 heterocycles. The molecule has 4 aromatic rings. The number of carbonyl (C=O) groups is 1. The number of aromatic nitrogens is 1. The minimum Gasteiger partial charge on any atom is -0.384 e. The fourth-order valence-electron chi connectivity index (χ4n) is 2.88. The Kier molecular flexibility index (Phi) is 4.14. The lowest BCUT2D eigenvalue weighted by Gasteiger charge is -2.08. The van der Waals surface area contributed by atoms with Gasteiger partial charge >= 0.3 is 0 Å². The van der Waals surface area contributed by atoms with E-state index in [0.29, 0.717) is 22.5 Å². The molecular weight excluding hydrogens is 340 g/mol. The van der Waals surface area contributed by atoms with Crippen molar-refractivity contribution < 1.29 is 9.32 Å². The van der Waals surface area contributed by atoms with Gasteiger partial charge in [-0.2, -0.15) is 0 Å². The van der Waals surface area contributed by atoms with E-state index in [1.807, 2.05) is 48.5 Å². The molecule has 0 unspecified atom stereocenters. The third kappa shape index (κ3) is 3.41. The summed E-state index contributed by atoms with van der Waals surface area (Å²) >= 11 is 0. The number of amidine groups is 1. The molecular formula is C21H16N4O2. The van der Waals surface area contributed by atoms with Crippen LogP contribution in [-0.2, 0) is 0 Å². The Bertz CT molecular complexity index is 1150. The van der Waals surface area contributed by atoms with Gasteiger partial charge in [-0.25, -0.2) is 0 Å². The summed E-state index contributed by atoms with van der Waals surface area (Å²) in [6.45, 7) is 0. The highest BCUT2D eigenvalue weighted by Gasteiger charge is 2.09. The van der Waals surface area contributed by atoms with E-state index in [4.69, 9.17) is 15.7 Å². The molecule has 132 valence electrons. The molecule has 6 heteroatoms. The molecule has 0 fully saturated rings. The van der Waals surface area contributed by atoms with Crippen LogP contribution >= 0.6 is 0 Å². The standard InChI is InChI=1S/C21H16N4O2/c22-20(23)16-6-4-14-11-17(7-5-13(14)10-16)21(26)24-18-3-1-2-15(12-18)19-8-9-27-25-19/h1-12H,(H3,22,23)(H,24,26). The van der Waals surface area contributed by atoms with Crippen LogP contribution in [0.15, 0.2) is 77.5 Å². The molecule has 1 aromatic heterocycles. The fraction of sp³-hybridized carbons (Fsp3) is 0. The quantitative estimate of drug-likeness (QED) is 0.379. The Morgan fingerprint density at radius 1 is 0.963 bits per heavy atom. The first-order valence-electron chi connectivity index (χ1n) is 8.30. The number of anilines is 1. The molecule has 0 spiro atoms. The summed E-state index contributed by atoms with van der Waals surface area (Å²) < 4.78 is 4.86. The van der Waals surface area contributed by atoms with E-state index in [2.05, 4.69) is 10.5 Å². The van der Waals surface area contributed by atoms with Gasteiger partial charge < -0.3 is 15.6 Å². The zero-order chi connectivity index (χ0) is 18.8. The third-order valence-corrected chi connectivity index (χ3v) is 4.27. The second kappa shape index (κ2) is 6.76. The highest BCUT2D eigenvalue weighted by molar-refractivity contribution is 6.07. The summed E-state index contributed by atoms with van der Waals surface area (Å²) in [7, 11) is 0. The molecule has 0 radical (unpaired) electrons. The second-order valence-electron chi connectivity index (χ2n) is 6.11. The molecule has 0 saturated carbocycles. The summed E-state index contributed by atoms with van der Waals surface area (Å²) in [5, 5.41) is 16.2. The predicted octanol–water partition coefficient (Wildman–Crippen LogP) is 4.03. The number of fused-ring (bicyclic) bond motifs is 1. The van der Waals surface area contributed by atoms with Crippen molar-refractivity contribution in [1.82, 2.24) is 5.16 Å². The Hall–Kier alpha value is -3.93. The molecule has 0 aliphatic heterocycles. The first-order chi connectivity index (χ1) is 13.1. The summed E-state index contributed by atoms with van der Waals surface area (Å²) in [4.78, 5) is 12.6. The Morgan fingerprint density at radius 3 is 2.41 bits per heavy atom. The Labute approximate surface area is 155 Å². The van der Waals surface area contributed by atoms with Gasteiger partial charge in [0.15, 0.2) is 0 Å². The van der Waals surface area contributed by atoms with E-state index in [-0.39, 0.29) is 11.7 Å². The summed E-state index contributed by atoms with van der Waals surface area (Å²) in [6, 6.07) is 20.1. The highest BCUT2D eigenvalue weighted by atomic mass is 16.5. The van der Waals surface area contributed by atoms with Crippen LogP contribution in [0.25, 0.3) is 22.0 Å². The Balaban J connectivity index is 1.59. The van der Waals surface area contributed by atoms with E-state index in [1.54, 1.807) is 18.2 Å². The van der Waals surface area contributed by atoms with Crippen LogP contribution in [0, 0.1) is 5.41 Å². The van der Waals surface area contributed by atoms with Crippen LogP contribution in [-0.4, -0.2) is 16.9 Å². The molecule has 1 amide bonds. The lowest BCUT2D eigenvalue weighted by atomic mass is 10.0. The lowest BCUT2D eigenvalue weighted by Crippen LogP contribution is -2.12. The number of benzene rings is 3. The summed E-state index contributed by atoms with van der Waals surface area (Å²) in [6.07, 6.45) is 1.51. The summed E-state index contributed by atoms with van der Waals surface area (Å²) in [5.41, 5.74) is 8.97. The van der Waals surface area contributed by atoms with Gasteiger partial charge in [0.05, 0.1) is 0 Å². The van der Waals surface area contributed by atoms with Gasteiger partial charge in [-0.3, -0.25) is 10.2 Å². The number of nitrogens with two attached hydrogens (primary N) is 1. The Morgan fingerprint density at radius 2 is 1.70 bits per heavy atom. The average Bonchev–Trinajstić information content (AvgIpc) is 3.22. The SMILES string of the molecule is N=C(N)c1ccc2cc(C(=O)Nc3cccc(-c4ccon4)c3)ccc2c1. The largest absolute Gasteiger partial charge is 0.384 e. The topological polar surface area (TPSA) is 105 Å². The molecule has 0 aliphatic rings. The molecule has 3 aromatic carbocycles. The maximum absolute atomic E-state index is 12.6. The van der Waals surface area contributed by atoms with Crippen molar-refractivity contribution in [2.45, 2.75) is 0 Å². The van der Waals surface area contributed by atoms with Gasteiger partial charge in [-0.05, 0) is 41.1 Å². The van der Waals surface area contributed by atoms with Crippen LogP contribution in [0.1, 0.15) is 15.9 Å². The van der Waals surface area contributed by atoms with Crippen LogP contribution in [0.3, 0.4) is 0 Å². The van der Waals surface area contributed by atoms with Crippen molar-refractivity contribution in [2.24, 2.45) is 5.73 Å². The van der Waals surface area contributed by atoms with Crippen LogP contribution in [0.5, 0.6) is 0 Å². The number of nitrogens with one attached hydrogen (secondary N) is 2. The van der Waals surface area contributed by atoms with E-state index >= 15 is 0 Å². The number of amides is 1. The lowest BCUT2D eigenvalue weighted by molar-refractivity contribution is 0.102. The predicted molar refractivity (Wildman–Crippen MR) is 105 cm³/mol. The van der Waals surface area contributed by atoms with Crippen LogP contribution in [0.4, 0.5) is 5.69 Å². The van der Waals surface area contributed by atoms with Gasteiger partial charge in [0, 0.05) is 28.4 Å². The molecule has 0 saturated heterocycles. The first-order valence-corrected chi connectivity index (χ1v) is 8.30. The second-order valence-corrected chi connectivity index (χ2v) is 6.11. The van der Waals surface area contributed by atoms with E-state index in [1.165, 1.54) is 6.26 Å². The van der Waals surface area contributed by atoms with Gasteiger partial charge in [0.1, 0.15) is 17.8 Å². The number of nitrogen functional groups attached to an aromatic ring is 1. The van der Waals surface area contributed by atoms with Gasteiger partial charge in [0.25, 0.3) is 5.91 Å². The van der Waals surface area contributed by atoms with Crippen molar-refractivity contribution in [3.63, 3.8) is 0 Å². The normalized spacial score (nSPS) is 10.7. The molecule has 4 N–H and O–H groups in total. The van der Waals surface area contributed by atoms with Crippen molar-refractivity contribution in [3.8, 4) is 11.3 Å². The number of rotatable bonds is 4. The maximum Gasteiger partial charge on any atom is 0.255 e. The van der Waals surface area contributed by atoms with Gasteiger partial charge in [-0.1, -0.05) is 35.5 Å². The molecule has 0 atom stereocenters. The zero-order valence-corrected chi connectivity index (χ0v) is 14.3. The van der Waals surface area contributed by atoms with Crippen LogP contribution < -0.4 is 11.1 Å². The monoisotopic (exact) mass is 356 g/mol. The molecule has 0 aliphatic carbocycles. The average molecular weight is 356 g/mol. The molecule has 27 heavy (non-hydrogen) atoms. The van der Waals surface area contributed by atoms with E-state index < -0.39 is 0 Å². The smallest absolute Gasteiger partial charge is 0.255 e. The fourth-order valence-corrected chi connectivity index (χ4v) is 2.88. The number of hydrogen-bond donors (Lipinski definition) is 3. The van der Waals surface area contributed by atoms with Crippen molar-refractivity contribution in [1.29, 1.82) is 5.41 Å². The minimum absolute atomic E-state index is 0.0192. The number of hydrogen-bond acceptors (Lipinski definition) is 4. The van der Waals surface area contributed by atoms with Crippen molar-refractivity contribution >= 4 is 28.2 Å². The van der Waals surface area contributed by atoms with Gasteiger partial charge in [-0.15, -0.1) is 0 Å². The highest BCUT2D eigenvalue weighted by Crippen LogP contribution is 2.22. The van der Waals surface area contributed by atoms with Gasteiger partial charge in [0.2, 0.25) is 0 Å². The van der Waals surface area contributed by atoms with Crippen LogP contribution in [0.2, 0.25) is 0 Å². The number of nitrogens with zero attached hydrogens (tertiary/aromatic N) is 1. The minimum atomic E-state index is -0.204. The van der Waals surface area contributed by atoms with E-state index in [0.717, 1.165) is 16.3 Å². The molecule has 6 nitrogen and oxygen atoms in total. The third-order valence-electron chi connectivity index (χ3n) is 4.27. The van der Waals surface area contributed by atoms with Crippen molar-refractivity contribution in [3.05, 3.63) is 84.1 Å². The molecule has 4 rings (SSSR count). The molecule has 0 bridgehead atoms. The zero-order valence-electron chi connectivity index (χ0n) is 14.3.